The molecule has 3 aliphatic heterocycles. The van der Waals surface area contributed by atoms with Crippen LogP contribution >= 0.6 is 0 Å². The Kier molecular flexibility index (Phi) is 2.81. The summed E-state index contributed by atoms with van der Waals surface area (Å²) in [4.78, 5) is 25.9. The zero-order valence-electron chi connectivity index (χ0n) is 10.9. The minimum atomic E-state index is -0.370. The number of ether oxygens (including phenoxy) is 1. The molecule has 5 heteroatoms. The molecule has 0 radical (unpaired) electrons. The van der Waals surface area contributed by atoms with E-state index < -0.39 is 0 Å². The Labute approximate surface area is 107 Å². The maximum atomic E-state index is 12.4. The molecule has 1 N–H and O–H groups in total. The van der Waals surface area contributed by atoms with Gasteiger partial charge in [-0.2, -0.15) is 0 Å². The lowest BCUT2D eigenvalue weighted by Gasteiger charge is -2.39. The molecule has 0 aromatic rings. The summed E-state index contributed by atoms with van der Waals surface area (Å²) in [6, 6.07) is -0.256. The fourth-order valence-electron chi connectivity index (χ4n) is 3.36. The number of amides is 2. The van der Waals surface area contributed by atoms with Crippen molar-refractivity contribution in [3.8, 4) is 0 Å². The highest BCUT2D eigenvalue weighted by Gasteiger charge is 2.48. The zero-order valence-corrected chi connectivity index (χ0v) is 10.9. The molecule has 3 rings (SSSR count). The molecule has 3 heterocycles. The van der Waals surface area contributed by atoms with Gasteiger partial charge >= 0.3 is 0 Å². The SMILES string of the molecule is CC(C)C1NC(=O)CN(C2CC3CCC2O3)C1=O. The molecule has 3 fully saturated rings. The molecule has 0 aliphatic carbocycles. The molecular weight excluding hydrogens is 232 g/mol. The van der Waals surface area contributed by atoms with Gasteiger partial charge in [0.1, 0.15) is 12.6 Å². The van der Waals surface area contributed by atoms with Crippen molar-refractivity contribution < 1.29 is 14.3 Å². The lowest BCUT2D eigenvalue weighted by Crippen LogP contribution is -2.63. The molecule has 100 valence electrons. The molecule has 0 spiro atoms. The van der Waals surface area contributed by atoms with Crippen LogP contribution in [0.25, 0.3) is 0 Å². The van der Waals surface area contributed by atoms with Crippen molar-refractivity contribution in [3.05, 3.63) is 0 Å². The average molecular weight is 252 g/mol. The van der Waals surface area contributed by atoms with Crippen LogP contribution in [0.3, 0.4) is 0 Å². The van der Waals surface area contributed by atoms with E-state index in [0.29, 0.717) is 6.10 Å². The van der Waals surface area contributed by atoms with Gasteiger partial charge in [0.2, 0.25) is 11.8 Å². The number of rotatable bonds is 2. The van der Waals surface area contributed by atoms with Crippen LogP contribution in [0.5, 0.6) is 0 Å². The standard InChI is InChI=1S/C13H20N2O3/c1-7(2)12-13(17)15(6-11(16)14-12)9-5-8-3-4-10(9)18-8/h7-10,12H,3-6H2,1-2H3,(H,14,16). The summed E-state index contributed by atoms with van der Waals surface area (Å²) in [6.07, 6.45) is 3.47. The summed E-state index contributed by atoms with van der Waals surface area (Å²) in [7, 11) is 0. The van der Waals surface area contributed by atoms with E-state index in [2.05, 4.69) is 5.32 Å². The van der Waals surface area contributed by atoms with Crippen molar-refractivity contribution in [1.29, 1.82) is 0 Å². The van der Waals surface area contributed by atoms with Crippen molar-refractivity contribution in [1.82, 2.24) is 10.2 Å². The zero-order chi connectivity index (χ0) is 12.9. The molecule has 2 bridgehead atoms. The Morgan fingerprint density at radius 2 is 2.11 bits per heavy atom. The predicted octanol–water partition coefficient (Wildman–Crippen LogP) is 0.289. The van der Waals surface area contributed by atoms with Crippen LogP contribution < -0.4 is 5.32 Å². The smallest absolute Gasteiger partial charge is 0.246 e. The minimum Gasteiger partial charge on any atom is -0.373 e. The first-order valence-corrected chi connectivity index (χ1v) is 6.81. The van der Waals surface area contributed by atoms with Crippen molar-refractivity contribution >= 4 is 11.8 Å². The van der Waals surface area contributed by atoms with Gasteiger partial charge < -0.3 is 15.0 Å². The monoisotopic (exact) mass is 252 g/mol. The van der Waals surface area contributed by atoms with Gasteiger partial charge in [0.15, 0.2) is 0 Å². The molecule has 4 unspecified atom stereocenters. The van der Waals surface area contributed by atoms with E-state index in [1.54, 1.807) is 4.90 Å². The van der Waals surface area contributed by atoms with Gasteiger partial charge in [0.05, 0.1) is 18.2 Å². The van der Waals surface area contributed by atoms with Crippen LogP contribution in [0, 0.1) is 5.92 Å². The van der Waals surface area contributed by atoms with Crippen LogP contribution in [0.1, 0.15) is 33.1 Å². The number of hydrogen-bond acceptors (Lipinski definition) is 3. The van der Waals surface area contributed by atoms with Gasteiger partial charge in [-0.05, 0) is 25.2 Å². The summed E-state index contributed by atoms with van der Waals surface area (Å²) in [5.41, 5.74) is 0. The number of hydrogen-bond donors (Lipinski definition) is 1. The van der Waals surface area contributed by atoms with Crippen LogP contribution in [0.2, 0.25) is 0 Å². The molecule has 0 aromatic carbocycles. The number of nitrogens with one attached hydrogen (secondary N) is 1. The van der Waals surface area contributed by atoms with Crippen molar-refractivity contribution in [3.63, 3.8) is 0 Å². The Morgan fingerprint density at radius 3 is 2.67 bits per heavy atom. The fourth-order valence-corrected chi connectivity index (χ4v) is 3.36. The van der Waals surface area contributed by atoms with Crippen LogP contribution in [-0.2, 0) is 14.3 Å². The third-order valence-corrected chi connectivity index (χ3v) is 4.32. The Hall–Kier alpha value is -1.10. The molecule has 2 amide bonds. The summed E-state index contributed by atoms with van der Waals surface area (Å²) in [6.45, 7) is 4.12. The highest BCUT2D eigenvalue weighted by Crippen LogP contribution is 2.37. The molecular formula is C13H20N2O3. The molecule has 3 saturated heterocycles. The summed E-state index contributed by atoms with van der Waals surface area (Å²) >= 11 is 0. The number of carbonyl (C=O) groups is 2. The minimum absolute atomic E-state index is 0.0453. The van der Waals surface area contributed by atoms with E-state index in [4.69, 9.17) is 4.74 Å². The molecule has 4 atom stereocenters. The maximum Gasteiger partial charge on any atom is 0.246 e. The van der Waals surface area contributed by atoms with E-state index in [9.17, 15) is 9.59 Å². The predicted molar refractivity (Wildman–Crippen MR) is 64.8 cm³/mol. The van der Waals surface area contributed by atoms with E-state index >= 15 is 0 Å². The maximum absolute atomic E-state index is 12.4. The van der Waals surface area contributed by atoms with Crippen molar-refractivity contribution in [2.24, 2.45) is 5.92 Å². The second-order valence-electron chi connectivity index (χ2n) is 5.93. The Balaban J connectivity index is 1.78. The lowest BCUT2D eigenvalue weighted by atomic mass is 9.91. The van der Waals surface area contributed by atoms with Gasteiger partial charge in [-0.25, -0.2) is 0 Å². The highest BCUT2D eigenvalue weighted by molar-refractivity contribution is 5.95. The third-order valence-electron chi connectivity index (χ3n) is 4.32. The second kappa shape index (κ2) is 4.23. The quantitative estimate of drug-likeness (QED) is 0.768. The summed E-state index contributed by atoms with van der Waals surface area (Å²) in [5, 5.41) is 2.79. The normalized spacial score (nSPS) is 39.6. The fraction of sp³-hybridized carbons (Fsp3) is 0.846. The second-order valence-corrected chi connectivity index (χ2v) is 5.93. The third kappa shape index (κ3) is 1.81. The van der Waals surface area contributed by atoms with Gasteiger partial charge in [-0.3, -0.25) is 9.59 Å². The summed E-state index contributed by atoms with van der Waals surface area (Å²) in [5.74, 6) is 0.144. The number of piperazine rings is 1. The van der Waals surface area contributed by atoms with Gasteiger partial charge in [0, 0.05) is 0 Å². The molecule has 0 aromatic heterocycles. The van der Waals surface area contributed by atoms with Gasteiger partial charge in [-0.1, -0.05) is 13.8 Å². The number of carbonyl (C=O) groups excluding carboxylic acids is 2. The van der Waals surface area contributed by atoms with E-state index in [1.807, 2.05) is 13.8 Å². The Bertz CT molecular complexity index is 382. The summed E-state index contributed by atoms with van der Waals surface area (Å²) < 4.78 is 5.79. The highest BCUT2D eigenvalue weighted by atomic mass is 16.5. The van der Waals surface area contributed by atoms with E-state index in [-0.39, 0.29) is 42.5 Å². The van der Waals surface area contributed by atoms with Crippen LogP contribution in [0.15, 0.2) is 0 Å². The van der Waals surface area contributed by atoms with Gasteiger partial charge in [-0.15, -0.1) is 0 Å². The molecule has 0 saturated carbocycles. The van der Waals surface area contributed by atoms with Crippen LogP contribution in [-0.4, -0.2) is 47.6 Å². The lowest BCUT2D eigenvalue weighted by molar-refractivity contribution is -0.149. The van der Waals surface area contributed by atoms with Crippen molar-refractivity contribution in [2.45, 2.75) is 57.4 Å². The molecule has 18 heavy (non-hydrogen) atoms. The number of nitrogens with zero attached hydrogens (tertiary/aromatic N) is 1. The Morgan fingerprint density at radius 1 is 1.33 bits per heavy atom. The van der Waals surface area contributed by atoms with Crippen molar-refractivity contribution in [2.75, 3.05) is 6.54 Å². The van der Waals surface area contributed by atoms with Gasteiger partial charge in [0.25, 0.3) is 0 Å². The average Bonchev–Trinajstić information content (AvgIpc) is 2.93. The topological polar surface area (TPSA) is 58.6 Å². The first kappa shape index (κ1) is 12.0. The first-order valence-electron chi connectivity index (χ1n) is 6.81. The first-order chi connectivity index (χ1) is 8.56. The molecule has 3 aliphatic rings. The van der Waals surface area contributed by atoms with Crippen LogP contribution in [0.4, 0.5) is 0 Å². The number of fused-ring (bicyclic) bond motifs is 2. The largest absolute Gasteiger partial charge is 0.373 e. The van der Waals surface area contributed by atoms with E-state index in [0.717, 1.165) is 19.3 Å². The van der Waals surface area contributed by atoms with E-state index in [1.165, 1.54) is 0 Å². The molecule has 5 nitrogen and oxygen atoms in total.